The molecule has 1 saturated heterocycles. The number of sulfonamides is 1. The second-order valence-corrected chi connectivity index (χ2v) is 9.63. The first-order chi connectivity index (χ1) is 15.5. The number of nitrogens with one attached hydrogen (secondary N) is 1. The van der Waals surface area contributed by atoms with Gasteiger partial charge in [0.1, 0.15) is 10.6 Å². The maximum atomic E-state index is 13.2. The average Bonchev–Trinajstić information content (AvgIpc) is 2.85. The van der Waals surface area contributed by atoms with E-state index in [0.29, 0.717) is 24.3 Å². The molecule has 1 N–H and O–H groups in total. The van der Waals surface area contributed by atoms with Gasteiger partial charge in [-0.25, -0.2) is 8.42 Å². The largest absolute Gasteiger partial charge is 0.495 e. The van der Waals surface area contributed by atoms with Gasteiger partial charge in [-0.2, -0.15) is 4.31 Å². The van der Waals surface area contributed by atoms with Gasteiger partial charge in [0, 0.05) is 24.3 Å². The molecule has 6 nitrogen and oxygen atoms in total. The molecule has 0 spiro atoms. The highest BCUT2D eigenvalue weighted by Gasteiger charge is 2.29. The van der Waals surface area contributed by atoms with E-state index in [1.165, 1.54) is 17.5 Å². The number of ether oxygens (including phenoxy) is 1. The summed E-state index contributed by atoms with van der Waals surface area (Å²) in [4.78, 5) is 12.8. The fourth-order valence-corrected chi connectivity index (χ4v) is 5.55. The van der Waals surface area contributed by atoms with Crippen LogP contribution < -0.4 is 10.1 Å². The van der Waals surface area contributed by atoms with Crippen molar-refractivity contribution >= 4 is 21.6 Å². The van der Waals surface area contributed by atoms with Crippen molar-refractivity contribution in [2.24, 2.45) is 0 Å². The maximum absolute atomic E-state index is 13.2. The number of hydrogen-bond donors (Lipinski definition) is 1. The molecule has 0 saturated carbocycles. The quantitative estimate of drug-likeness (QED) is 0.586. The minimum absolute atomic E-state index is 0.0686. The Morgan fingerprint density at radius 3 is 2.19 bits per heavy atom. The van der Waals surface area contributed by atoms with E-state index < -0.39 is 10.0 Å². The lowest BCUT2D eigenvalue weighted by Crippen LogP contribution is -2.35. The highest BCUT2D eigenvalue weighted by atomic mass is 32.2. The summed E-state index contributed by atoms with van der Waals surface area (Å²) < 4.78 is 33.2. The highest BCUT2D eigenvalue weighted by Crippen LogP contribution is 2.31. The van der Waals surface area contributed by atoms with Gasteiger partial charge >= 0.3 is 0 Å². The monoisotopic (exact) mass is 450 g/mol. The number of methoxy groups -OCH3 is 1. The van der Waals surface area contributed by atoms with Crippen LogP contribution in [0.15, 0.2) is 77.7 Å². The zero-order chi connectivity index (χ0) is 22.6. The molecule has 1 heterocycles. The summed E-state index contributed by atoms with van der Waals surface area (Å²) in [5, 5.41) is 2.81. The maximum Gasteiger partial charge on any atom is 0.255 e. The van der Waals surface area contributed by atoms with Crippen LogP contribution in [0.3, 0.4) is 0 Å². The third kappa shape index (κ3) is 4.69. The molecule has 0 atom stereocenters. The van der Waals surface area contributed by atoms with Crippen LogP contribution in [0.1, 0.15) is 29.6 Å². The van der Waals surface area contributed by atoms with E-state index in [4.69, 9.17) is 4.74 Å². The van der Waals surface area contributed by atoms with E-state index >= 15 is 0 Å². The summed E-state index contributed by atoms with van der Waals surface area (Å²) in [7, 11) is -2.27. The molecule has 32 heavy (non-hydrogen) atoms. The fourth-order valence-electron chi connectivity index (χ4n) is 3.85. The predicted octanol–water partition coefficient (Wildman–Crippen LogP) is 4.79. The number of rotatable bonds is 6. The van der Waals surface area contributed by atoms with E-state index in [9.17, 15) is 13.2 Å². The molecule has 3 aromatic rings. The molecular formula is C25H26N2O4S. The molecule has 0 radical (unpaired) electrons. The van der Waals surface area contributed by atoms with Crippen molar-refractivity contribution < 1.29 is 17.9 Å². The Balaban J connectivity index is 1.55. The number of benzene rings is 3. The number of carbonyl (C=O) groups is 1. The first kappa shape index (κ1) is 22.0. The SMILES string of the molecule is COc1ccc(NC(=O)c2ccc(-c3ccccc3)cc2)cc1S(=O)(=O)N1CCCCC1. The van der Waals surface area contributed by atoms with Crippen LogP contribution in [0.5, 0.6) is 5.75 Å². The number of piperidine rings is 1. The van der Waals surface area contributed by atoms with Gasteiger partial charge < -0.3 is 10.1 Å². The second kappa shape index (κ2) is 9.54. The first-order valence-electron chi connectivity index (χ1n) is 10.6. The third-order valence-electron chi connectivity index (χ3n) is 5.61. The molecule has 1 amide bonds. The first-order valence-corrected chi connectivity index (χ1v) is 12.1. The number of amides is 1. The summed E-state index contributed by atoms with van der Waals surface area (Å²) in [5.41, 5.74) is 2.98. The van der Waals surface area contributed by atoms with Crippen LogP contribution in [-0.4, -0.2) is 38.8 Å². The molecule has 0 unspecified atom stereocenters. The van der Waals surface area contributed by atoms with E-state index in [1.807, 2.05) is 42.5 Å². The van der Waals surface area contributed by atoms with Crippen LogP contribution in [0.4, 0.5) is 5.69 Å². The van der Waals surface area contributed by atoms with Gasteiger partial charge in [0.25, 0.3) is 5.91 Å². The Bertz CT molecular complexity index is 1190. The van der Waals surface area contributed by atoms with Crippen LogP contribution in [0.2, 0.25) is 0 Å². The van der Waals surface area contributed by atoms with Crippen molar-refractivity contribution in [1.82, 2.24) is 4.31 Å². The van der Waals surface area contributed by atoms with Gasteiger partial charge in [-0.05, 0) is 54.3 Å². The zero-order valence-electron chi connectivity index (χ0n) is 18.0. The highest BCUT2D eigenvalue weighted by molar-refractivity contribution is 7.89. The van der Waals surface area contributed by atoms with E-state index in [-0.39, 0.29) is 16.6 Å². The molecule has 0 aromatic heterocycles. The number of carbonyl (C=O) groups excluding carboxylic acids is 1. The summed E-state index contributed by atoms with van der Waals surface area (Å²) in [6, 6.07) is 21.9. The van der Waals surface area contributed by atoms with Crippen LogP contribution in [0, 0.1) is 0 Å². The molecule has 1 fully saturated rings. The van der Waals surface area contributed by atoms with Crippen LogP contribution >= 0.6 is 0 Å². The minimum atomic E-state index is -3.71. The molecule has 3 aromatic carbocycles. The minimum Gasteiger partial charge on any atom is -0.495 e. The summed E-state index contributed by atoms with van der Waals surface area (Å²) in [6.45, 7) is 0.992. The van der Waals surface area contributed by atoms with Crippen molar-refractivity contribution in [2.75, 3.05) is 25.5 Å². The van der Waals surface area contributed by atoms with Crippen molar-refractivity contribution in [3.63, 3.8) is 0 Å². The number of hydrogen-bond acceptors (Lipinski definition) is 4. The van der Waals surface area contributed by atoms with Crippen molar-refractivity contribution in [2.45, 2.75) is 24.2 Å². The number of anilines is 1. The van der Waals surface area contributed by atoms with Crippen molar-refractivity contribution in [3.05, 3.63) is 78.4 Å². The van der Waals surface area contributed by atoms with Crippen LogP contribution in [-0.2, 0) is 10.0 Å². The summed E-state index contributed by atoms with van der Waals surface area (Å²) in [5.74, 6) is -0.0446. The zero-order valence-corrected chi connectivity index (χ0v) is 18.8. The lowest BCUT2D eigenvalue weighted by Gasteiger charge is -2.26. The molecule has 166 valence electrons. The molecule has 7 heteroatoms. The van der Waals surface area contributed by atoms with Gasteiger partial charge in [-0.15, -0.1) is 0 Å². The fraction of sp³-hybridized carbons (Fsp3) is 0.240. The average molecular weight is 451 g/mol. The van der Waals surface area contributed by atoms with Gasteiger partial charge in [0.05, 0.1) is 7.11 Å². The van der Waals surface area contributed by atoms with E-state index in [2.05, 4.69) is 5.32 Å². The van der Waals surface area contributed by atoms with E-state index in [1.54, 1.807) is 24.3 Å². The Morgan fingerprint density at radius 2 is 1.53 bits per heavy atom. The molecular weight excluding hydrogens is 424 g/mol. The Hall–Kier alpha value is -3.16. The molecule has 0 bridgehead atoms. The third-order valence-corrected chi connectivity index (χ3v) is 7.53. The number of nitrogens with zero attached hydrogens (tertiary/aromatic N) is 1. The summed E-state index contributed by atoms with van der Waals surface area (Å²) in [6.07, 6.45) is 2.72. The van der Waals surface area contributed by atoms with Gasteiger partial charge in [-0.3, -0.25) is 4.79 Å². The molecule has 1 aliphatic rings. The predicted molar refractivity (Wildman–Crippen MR) is 125 cm³/mol. The van der Waals surface area contributed by atoms with E-state index in [0.717, 1.165) is 30.4 Å². The lowest BCUT2D eigenvalue weighted by atomic mass is 10.0. The van der Waals surface area contributed by atoms with Crippen LogP contribution in [0.25, 0.3) is 11.1 Å². The Labute approximate surface area is 188 Å². The molecule has 0 aliphatic carbocycles. The van der Waals surface area contributed by atoms with Gasteiger partial charge in [0.15, 0.2) is 0 Å². The van der Waals surface area contributed by atoms with Gasteiger partial charge in [0.2, 0.25) is 10.0 Å². The van der Waals surface area contributed by atoms with Crippen molar-refractivity contribution in [3.8, 4) is 16.9 Å². The summed E-state index contributed by atoms with van der Waals surface area (Å²) >= 11 is 0. The lowest BCUT2D eigenvalue weighted by molar-refractivity contribution is 0.102. The normalized spacial score (nSPS) is 14.7. The second-order valence-electron chi connectivity index (χ2n) is 7.73. The van der Waals surface area contributed by atoms with Crippen molar-refractivity contribution in [1.29, 1.82) is 0 Å². The topological polar surface area (TPSA) is 75.7 Å². The molecule has 1 aliphatic heterocycles. The standard InChI is InChI=1S/C25H26N2O4S/c1-31-23-15-14-22(18-24(23)32(29,30)27-16-6-3-7-17-27)26-25(28)21-12-10-20(11-13-21)19-8-4-2-5-9-19/h2,4-5,8-15,18H,3,6-7,16-17H2,1H3,(H,26,28). The Morgan fingerprint density at radius 1 is 0.875 bits per heavy atom. The van der Waals surface area contributed by atoms with Gasteiger partial charge in [-0.1, -0.05) is 48.9 Å². The molecule has 4 rings (SSSR count). The Kier molecular flexibility index (Phi) is 6.58. The smallest absolute Gasteiger partial charge is 0.255 e.